The summed E-state index contributed by atoms with van der Waals surface area (Å²) < 4.78 is 0. The third-order valence-corrected chi connectivity index (χ3v) is 2.79. The second kappa shape index (κ2) is 7.09. The Hall–Kier alpha value is -1.32. The second-order valence-electron chi connectivity index (χ2n) is 4.62. The molecule has 0 amide bonds. The fourth-order valence-electron chi connectivity index (χ4n) is 1.83. The van der Waals surface area contributed by atoms with Crippen LogP contribution in [0.25, 0.3) is 0 Å². The van der Waals surface area contributed by atoms with Gasteiger partial charge >= 0.3 is 0 Å². The van der Waals surface area contributed by atoms with Gasteiger partial charge in [0.05, 0.1) is 0 Å². The van der Waals surface area contributed by atoms with E-state index in [4.69, 9.17) is 0 Å². The average Bonchev–Trinajstić information content (AvgIpc) is 2.33. The Labute approximate surface area is 104 Å². The van der Waals surface area contributed by atoms with E-state index < -0.39 is 0 Å². The molecule has 96 valence electrons. The highest BCUT2D eigenvalue weighted by Crippen LogP contribution is 2.19. The summed E-state index contributed by atoms with van der Waals surface area (Å²) in [7, 11) is 1.89. The summed E-state index contributed by atoms with van der Waals surface area (Å²) in [6.07, 6.45) is 4.97. The largest absolute Gasteiger partial charge is 0.373 e. The van der Waals surface area contributed by atoms with Crippen molar-refractivity contribution in [3.8, 4) is 0 Å². The van der Waals surface area contributed by atoms with Gasteiger partial charge in [-0.25, -0.2) is 9.97 Å². The zero-order valence-corrected chi connectivity index (χ0v) is 11.4. The van der Waals surface area contributed by atoms with E-state index in [1.165, 1.54) is 18.4 Å². The van der Waals surface area contributed by atoms with Gasteiger partial charge in [0.15, 0.2) is 0 Å². The molecule has 1 aromatic rings. The smallest absolute Gasteiger partial charge is 0.134 e. The van der Waals surface area contributed by atoms with Crippen LogP contribution in [0.3, 0.4) is 0 Å². The molecule has 0 aliphatic carbocycles. The Morgan fingerprint density at radius 3 is 2.53 bits per heavy atom. The molecule has 0 aromatic carbocycles. The summed E-state index contributed by atoms with van der Waals surface area (Å²) in [5.74, 6) is 2.66. The van der Waals surface area contributed by atoms with Gasteiger partial charge in [-0.2, -0.15) is 0 Å². The highest BCUT2D eigenvalue weighted by atomic mass is 15.1. The van der Waals surface area contributed by atoms with E-state index in [-0.39, 0.29) is 0 Å². The maximum absolute atomic E-state index is 4.31. The molecule has 4 nitrogen and oxygen atoms in total. The Bertz CT molecular complexity index is 336. The number of anilines is 2. The molecule has 0 bridgehead atoms. The van der Waals surface area contributed by atoms with Gasteiger partial charge in [-0.1, -0.05) is 20.8 Å². The minimum absolute atomic E-state index is 0.765. The van der Waals surface area contributed by atoms with Gasteiger partial charge in [0.2, 0.25) is 0 Å². The van der Waals surface area contributed by atoms with Crippen molar-refractivity contribution in [3.63, 3.8) is 0 Å². The van der Waals surface area contributed by atoms with E-state index in [9.17, 15) is 0 Å². The van der Waals surface area contributed by atoms with Crippen molar-refractivity contribution in [3.05, 3.63) is 11.9 Å². The van der Waals surface area contributed by atoms with Crippen LogP contribution < -0.4 is 10.6 Å². The molecule has 1 heterocycles. The number of hydrogen-bond acceptors (Lipinski definition) is 4. The third kappa shape index (κ3) is 4.21. The Kier molecular flexibility index (Phi) is 5.73. The molecule has 0 saturated carbocycles. The molecule has 0 radical (unpaired) electrons. The molecular formula is C13H24N4. The summed E-state index contributed by atoms with van der Waals surface area (Å²) in [6, 6.07) is 0. The average molecular weight is 236 g/mol. The summed E-state index contributed by atoms with van der Waals surface area (Å²) >= 11 is 0. The van der Waals surface area contributed by atoms with Crippen LogP contribution in [0, 0.1) is 5.92 Å². The topological polar surface area (TPSA) is 49.8 Å². The molecule has 0 fully saturated rings. The van der Waals surface area contributed by atoms with Crippen molar-refractivity contribution >= 4 is 11.6 Å². The quantitative estimate of drug-likeness (QED) is 0.715. The summed E-state index contributed by atoms with van der Waals surface area (Å²) in [5, 5.41) is 6.51. The van der Waals surface area contributed by atoms with Gasteiger partial charge in [0.1, 0.15) is 18.0 Å². The first-order valence-electron chi connectivity index (χ1n) is 6.44. The lowest BCUT2D eigenvalue weighted by Crippen LogP contribution is -2.09. The number of nitrogens with one attached hydrogen (secondary N) is 2. The third-order valence-electron chi connectivity index (χ3n) is 2.79. The van der Waals surface area contributed by atoms with Gasteiger partial charge in [-0.3, -0.25) is 0 Å². The first-order valence-corrected chi connectivity index (χ1v) is 6.44. The molecule has 4 heteroatoms. The van der Waals surface area contributed by atoms with Gasteiger partial charge in [-0.05, 0) is 25.2 Å². The lowest BCUT2D eigenvalue weighted by Gasteiger charge is -2.13. The van der Waals surface area contributed by atoms with Crippen molar-refractivity contribution in [1.82, 2.24) is 9.97 Å². The molecule has 17 heavy (non-hydrogen) atoms. The Morgan fingerprint density at radius 1 is 1.24 bits per heavy atom. The molecule has 0 atom stereocenters. The Balaban J connectivity index is 2.58. The zero-order valence-electron chi connectivity index (χ0n) is 11.4. The first-order chi connectivity index (χ1) is 8.19. The fourth-order valence-corrected chi connectivity index (χ4v) is 1.83. The molecule has 0 unspecified atom stereocenters. The number of aromatic nitrogens is 2. The highest BCUT2D eigenvalue weighted by Gasteiger charge is 2.07. The van der Waals surface area contributed by atoms with Crippen molar-refractivity contribution < 1.29 is 0 Å². The van der Waals surface area contributed by atoms with Crippen LogP contribution in [-0.2, 0) is 6.42 Å². The second-order valence-corrected chi connectivity index (χ2v) is 4.62. The zero-order chi connectivity index (χ0) is 12.7. The molecule has 1 rings (SSSR count). The van der Waals surface area contributed by atoms with Gasteiger partial charge in [0.25, 0.3) is 0 Å². The SMILES string of the molecule is CCc1c(NC)ncnc1NCCCC(C)C. The number of hydrogen-bond donors (Lipinski definition) is 2. The summed E-state index contributed by atoms with van der Waals surface area (Å²) in [6.45, 7) is 7.60. The number of rotatable bonds is 7. The van der Waals surface area contributed by atoms with E-state index >= 15 is 0 Å². The van der Waals surface area contributed by atoms with Gasteiger partial charge in [0, 0.05) is 19.2 Å². The highest BCUT2D eigenvalue weighted by molar-refractivity contribution is 5.56. The maximum Gasteiger partial charge on any atom is 0.134 e. The molecular weight excluding hydrogens is 212 g/mol. The fraction of sp³-hybridized carbons (Fsp3) is 0.692. The summed E-state index contributed by atoms with van der Waals surface area (Å²) in [5.41, 5.74) is 1.17. The van der Waals surface area contributed by atoms with Crippen molar-refractivity contribution in [2.24, 2.45) is 5.92 Å². The normalized spacial score (nSPS) is 10.6. The summed E-state index contributed by atoms with van der Waals surface area (Å²) in [4.78, 5) is 8.54. The van der Waals surface area contributed by atoms with Crippen molar-refractivity contribution in [2.75, 3.05) is 24.2 Å². The standard InChI is InChI=1S/C13H24N4/c1-5-11-12(14-4)16-9-17-13(11)15-8-6-7-10(2)3/h9-10H,5-8H2,1-4H3,(H2,14,15,16,17). The van der Waals surface area contributed by atoms with Crippen LogP contribution >= 0.6 is 0 Å². The maximum atomic E-state index is 4.31. The molecule has 0 spiro atoms. The van der Waals surface area contributed by atoms with Crippen LogP contribution in [-0.4, -0.2) is 23.6 Å². The van der Waals surface area contributed by atoms with Crippen LogP contribution in [0.5, 0.6) is 0 Å². The van der Waals surface area contributed by atoms with Crippen LogP contribution in [0.4, 0.5) is 11.6 Å². The van der Waals surface area contributed by atoms with Crippen LogP contribution in [0.15, 0.2) is 6.33 Å². The van der Waals surface area contributed by atoms with E-state index in [2.05, 4.69) is 41.4 Å². The minimum Gasteiger partial charge on any atom is -0.373 e. The lowest BCUT2D eigenvalue weighted by molar-refractivity contribution is 0.566. The van der Waals surface area contributed by atoms with Gasteiger partial charge in [-0.15, -0.1) is 0 Å². The van der Waals surface area contributed by atoms with Gasteiger partial charge < -0.3 is 10.6 Å². The molecule has 2 N–H and O–H groups in total. The molecule has 0 saturated heterocycles. The van der Waals surface area contributed by atoms with E-state index in [0.717, 1.165) is 30.5 Å². The predicted molar refractivity (Wildman–Crippen MR) is 73.5 cm³/mol. The Morgan fingerprint density at radius 2 is 1.94 bits per heavy atom. The number of nitrogens with zero attached hydrogens (tertiary/aromatic N) is 2. The molecule has 0 aliphatic heterocycles. The lowest BCUT2D eigenvalue weighted by atomic mass is 10.1. The first kappa shape index (κ1) is 13.7. The van der Waals surface area contributed by atoms with E-state index in [1.54, 1.807) is 6.33 Å². The predicted octanol–water partition coefficient (Wildman–Crippen LogP) is 2.93. The van der Waals surface area contributed by atoms with Crippen molar-refractivity contribution in [1.29, 1.82) is 0 Å². The van der Waals surface area contributed by atoms with Crippen LogP contribution in [0.1, 0.15) is 39.2 Å². The van der Waals surface area contributed by atoms with Crippen molar-refractivity contribution in [2.45, 2.75) is 40.0 Å². The van der Waals surface area contributed by atoms with Crippen LogP contribution in [0.2, 0.25) is 0 Å². The monoisotopic (exact) mass is 236 g/mol. The van der Waals surface area contributed by atoms with E-state index in [1.807, 2.05) is 7.05 Å². The van der Waals surface area contributed by atoms with E-state index in [0.29, 0.717) is 0 Å². The molecule has 1 aromatic heterocycles. The molecule has 0 aliphatic rings. The minimum atomic E-state index is 0.765.